The number of hydrogen-bond donors (Lipinski definition) is 2. The Balaban J connectivity index is 1.83. The molecule has 2 nitrogen and oxygen atoms in total. The van der Waals surface area contributed by atoms with E-state index in [9.17, 15) is 0 Å². The summed E-state index contributed by atoms with van der Waals surface area (Å²) in [6, 6.07) is 0.505. The molecular formula is C13H24N2. The van der Waals surface area contributed by atoms with E-state index in [2.05, 4.69) is 0 Å². The standard InChI is InChI=1S/C13H24N2/c14-8-9-2-1-5-13(7-9)11-4-3-10(6-11)12(13)15/h9-12H,1-8,14-15H2. The molecule has 3 saturated carbocycles. The lowest BCUT2D eigenvalue weighted by Crippen LogP contribution is -2.49. The van der Waals surface area contributed by atoms with Gasteiger partial charge in [0.05, 0.1) is 0 Å². The van der Waals surface area contributed by atoms with Gasteiger partial charge in [0.1, 0.15) is 0 Å². The normalized spacial score (nSPS) is 54.0. The van der Waals surface area contributed by atoms with Crippen molar-refractivity contribution in [2.45, 2.75) is 51.0 Å². The second kappa shape index (κ2) is 3.46. The monoisotopic (exact) mass is 208 g/mol. The van der Waals surface area contributed by atoms with Crippen molar-refractivity contribution in [2.75, 3.05) is 6.54 Å². The molecule has 1 spiro atoms. The van der Waals surface area contributed by atoms with Gasteiger partial charge in [-0.3, -0.25) is 0 Å². The molecule has 0 aromatic heterocycles. The lowest BCUT2D eigenvalue weighted by Gasteiger charge is -2.47. The summed E-state index contributed by atoms with van der Waals surface area (Å²) in [7, 11) is 0. The van der Waals surface area contributed by atoms with Crippen molar-refractivity contribution in [2.24, 2.45) is 34.6 Å². The topological polar surface area (TPSA) is 52.0 Å². The molecule has 4 N–H and O–H groups in total. The molecule has 5 atom stereocenters. The van der Waals surface area contributed by atoms with E-state index in [1.807, 2.05) is 0 Å². The number of hydrogen-bond acceptors (Lipinski definition) is 2. The first kappa shape index (κ1) is 10.1. The Bertz CT molecular complexity index is 249. The highest BCUT2D eigenvalue weighted by Gasteiger charge is 2.57. The second-order valence-electron chi connectivity index (χ2n) is 6.23. The van der Waals surface area contributed by atoms with Gasteiger partial charge in [0.25, 0.3) is 0 Å². The van der Waals surface area contributed by atoms with E-state index in [1.165, 1.54) is 44.9 Å². The molecule has 3 aliphatic rings. The van der Waals surface area contributed by atoms with Crippen LogP contribution < -0.4 is 11.5 Å². The predicted octanol–water partition coefficient (Wildman–Crippen LogP) is 1.88. The van der Waals surface area contributed by atoms with E-state index >= 15 is 0 Å². The SMILES string of the molecule is NCC1CCCC2(C1)C1CCC(C1)C2N. The molecule has 86 valence electrons. The van der Waals surface area contributed by atoms with E-state index < -0.39 is 0 Å². The molecule has 0 saturated heterocycles. The predicted molar refractivity (Wildman–Crippen MR) is 62.3 cm³/mol. The maximum atomic E-state index is 6.51. The molecule has 3 rings (SSSR count). The minimum Gasteiger partial charge on any atom is -0.330 e. The van der Waals surface area contributed by atoms with Crippen molar-refractivity contribution in [3.63, 3.8) is 0 Å². The molecule has 0 aromatic carbocycles. The minimum atomic E-state index is 0.505. The summed E-state index contributed by atoms with van der Waals surface area (Å²) in [6.07, 6.45) is 9.74. The summed E-state index contributed by atoms with van der Waals surface area (Å²) in [4.78, 5) is 0. The zero-order valence-electron chi connectivity index (χ0n) is 9.62. The molecule has 5 unspecified atom stereocenters. The maximum Gasteiger partial charge on any atom is 0.0127 e. The number of rotatable bonds is 1. The van der Waals surface area contributed by atoms with Crippen LogP contribution in [0.5, 0.6) is 0 Å². The van der Waals surface area contributed by atoms with Gasteiger partial charge in [-0.1, -0.05) is 6.42 Å². The first-order valence-corrected chi connectivity index (χ1v) is 6.72. The van der Waals surface area contributed by atoms with E-state index in [-0.39, 0.29) is 0 Å². The van der Waals surface area contributed by atoms with Crippen molar-refractivity contribution in [3.8, 4) is 0 Å². The smallest absolute Gasteiger partial charge is 0.0127 e. The molecule has 0 amide bonds. The Kier molecular flexibility index (Phi) is 2.33. The first-order valence-electron chi connectivity index (χ1n) is 6.72. The Morgan fingerprint density at radius 1 is 1.20 bits per heavy atom. The Hall–Kier alpha value is -0.0800. The van der Waals surface area contributed by atoms with Crippen LogP contribution in [0, 0.1) is 23.2 Å². The Labute approximate surface area is 92.8 Å². The molecule has 0 aromatic rings. The van der Waals surface area contributed by atoms with Crippen LogP contribution in [0.15, 0.2) is 0 Å². The van der Waals surface area contributed by atoms with E-state index in [4.69, 9.17) is 11.5 Å². The Morgan fingerprint density at radius 3 is 2.73 bits per heavy atom. The van der Waals surface area contributed by atoms with Crippen LogP contribution in [0.2, 0.25) is 0 Å². The zero-order chi connectivity index (χ0) is 10.5. The van der Waals surface area contributed by atoms with Gasteiger partial charge >= 0.3 is 0 Å². The summed E-state index contributed by atoms with van der Waals surface area (Å²) in [5.74, 6) is 2.57. The third-order valence-corrected chi connectivity index (χ3v) is 5.71. The lowest BCUT2D eigenvalue weighted by atomic mass is 9.59. The van der Waals surface area contributed by atoms with Gasteiger partial charge in [0, 0.05) is 6.04 Å². The van der Waals surface area contributed by atoms with Gasteiger partial charge in [0.2, 0.25) is 0 Å². The second-order valence-corrected chi connectivity index (χ2v) is 6.23. The van der Waals surface area contributed by atoms with Gasteiger partial charge in [-0.2, -0.15) is 0 Å². The van der Waals surface area contributed by atoms with E-state index in [1.54, 1.807) is 0 Å². The van der Waals surface area contributed by atoms with Crippen molar-refractivity contribution < 1.29 is 0 Å². The van der Waals surface area contributed by atoms with E-state index in [0.717, 1.165) is 24.3 Å². The third kappa shape index (κ3) is 1.31. The maximum absolute atomic E-state index is 6.51. The molecule has 3 aliphatic carbocycles. The van der Waals surface area contributed by atoms with Crippen molar-refractivity contribution >= 4 is 0 Å². The molecule has 0 aliphatic heterocycles. The highest BCUT2D eigenvalue weighted by molar-refractivity contribution is 5.10. The summed E-state index contributed by atoms with van der Waals surface area (Å²) in [5.41, 5.74) is 12.9. The average molecular weight is 208 g/mol. The highest BCUT2D eigenvalue weighted by Crippen LogP contribution is 2.61. The van der Waals surface area contributed by atoms with Crippen LogP contribution in [0.3, 0.4) is 0 Å². The highest BCUT2D eigenvalue weighted by atomic mass is 14.8. The van der Waals surface area contributed by atoms with Crippen LogP contribution in [0.1, 0.15) is 44.9 Å². The van der Waals surface area contributed by atoms with Crippen molar-refractivity contribution in [3.05, 3.63) is 0 Å². The van der Waals surface area contributed by atoms with Crippen LogP contribution >= 0.6 is 0 Å². The number of fused-ring (bicyclic) bond motifs is 3. The Morgan fingerprint density at radius 2 is 2.07 bits per heavy atom. The van der Waals surface area contributed by atoms with Gasteiger partial charge in [-0.05, 0) is 68.2 Å². The lowest BCUT2D eigenvalue weighted by molar-refractivity contribution is 0.0505. The molecule has 15 heavy (non-hydrogen) atoms. The molecule has 0 heterocycles. The first-order chi connectivity index (χ1) is 7.26. The fourth-order valence-corrected chi connectivity index (χ4v) is 4.94. The average Bonchev–Trinajstić information content (AvgIpc) is 2.84. The largest absolute Gasteiger partial charge is 0.330 e. The van der Waals surface area contributed by atoms with Crippen LogP contribution in [0.4, 0.5) is 0 Å². The van der Waals surface area contributed by atoms with Gasteiger partial charge in [-0.25, -0.2) is 0 Å². The summed E-state index contributed by atoms with van der Waals surface area (Å²) in [5, 5.41) is 0. The summed E-state index contributed by atoms with van der Waals surface area (Å²) < 4.78 is 0. The van der Waals surface area contributed by atoms with Crippen LogP contribution in [-0.4, -0.2) is 12.6 Å². The third-order valence-electron chi connectivity index (χ3n) is 5.71. The fraction of sp³-hybridized carbons (Fsp3) is 1.00. The quantitative estimate of drug-likeness (QED) is 0.691. The minimum absolute atomic E-state index is 0.505. The van der Waals surface area contributed by atoms with Gasteiger partial charge in [0.15, 0.2) is 0 Å². The fourth-order valence-electron chi connectivity index (χ4n) is 4.94. The van der Waals surface area contributed by atoms with Crippen molar-refractivity contribution in [1.82, 2.24) is 0 Å². The molecule has 3 fully saturated rings. The van der Waals surface area contributed by atoms with Crippen molar-refractivity contribution in [1.29, 1.82) is 0 Å². The number of nitrogens with two attached hydrogens (primary N) is 2. The summed E-state index contributed by atoms with van der Waals surface area (Å²) >= 11 is 0. The molecular weight excluding hydrogens is 184 g/mol. The molecule has 2 bridgehead atoms. The van der Waals surface area contributed by atoms with Crippen LogP contribution in [-0.2, 0) is 0 Å². The van der Waals surface area contributed by atoms with Crippen LogP contribution in [0.25, 0.3) is 0 Å². The van der Waals surface area contributed by atoms with Gasteiger partial charge < -0.3 is 11.5 Å². The zero-order valence-corrected chi connectivity index (χ0v) is 9.62. The van der Waals surface area contributed by atoms with Gasteiger partial charge in [-0.15, -0.1) is 0 Å². The molecule has 2 heteroatoms. The molecule has 0 radical (unpaired) electrons. The summed E-state index contributed by atoms with van der Waals surface area (Å²) in [6.45, 7) is 0.881. The van der Waals surface area contributed by atoms with E-state index in [0.29, 0.717) is 11.5 Å².